The van der Waals surface area contributed by atoms with Crippen molar-refractivity contribution in [2.75, 3.05) is 19.0 Å². The number of nitrogens with two attached hydrogens (primary N) is 1. The normalized spacial score (nSPS) is 26.4. The van der Waals surface area contributed by atoms with E-state index in [0.717, 1.165) is 18.5 Å². The Hall–Kier alpha value is -1.29. The van der Waals surface area contributed by atoms with E-state index in [1.807, 2.05) is 0 Å². The van der Waals surface area contributed by atoms with Gasteiger partial charge in [0, 0.05) is 18.3 Å². The molecule has 3 nitrogen and oxygen atoms in total. The molecule has 0 saturated heterocycles. The van der Waals surface area contributed by atoms with Gasteiger partial charge in [0.2, 0.25) is 0 Å². The van der Waals surface area contributed by atoms with Crippen molar-refractivity contribution in [2.24, 2.45) is 11.7 Å². The Balaban J connectivity index is 2.23. The lowest BCUT2D eigenvalue weighted by Gasteiger charge is -2.36. The molecule has 1 aliphatic rings. The van der Waals surface area contributed by atoms with Gasteiger partial charge in [0.25, 0.3) is 0 Å². The monoisotopic (exact) mass is 266 g/mol. The second kappa shape index (κ2) is 5.78. The third kappa shape index (κ3) is 2.68. The van der Waals surface area contributed by atoms with Crippen LogP contribution in [-0.4, -0.2) is 19.2 Å². The number of halogens is 1. The van der Waals surface area contributed by atoms with Gasteiger partial charge in [-0.2, -0.15) is 0 Å². The largest absolute Gasteiger partial charge is 0.494 e. The molecule has 0 aromatic heterocycles. The molecular formula is C15H23FN2O. The van der Waals surface area contributed by atoms with Crippen molar-refractivity contribution < 1.29 is 9.13 Å². The third-order valence-corrected chi connectivity index (χ3v) is 4.36. The van der Waals surface area contributed by atoms with Crippen LogP contribution in [0.3, 0.4) is 0 Å². The van der Waals surface area contributed by atoms with Gasteiger partial charge in [-0.25, -0.2) is 4.39 Å². The molecule has 3 N–H and O–H groups in total. The fourth-order valence-corrected chi connectivity index (χ4v) is 3.25. The van der Waals surface area contributed by atoms with Crippen molar-refractivity contribution in [1.82, 2.24) is 0 Å². The summed E-state index contributed by atoms with van der Waals surface area (Å²) < 4.78 is 18.4. The van der Waals surface area contributed by atoms with Gasteiger partial charge in [0.1, 0.15) is 0 Å². The molecule has 0 aliphatic heterocycles. The summed E-state index contributed by atoms with van der Waals surface area (Å²) in [5.74, 6) is 0.505. The van der Waals surface area contributed by atoms with Crippen LogP contribution >= 0.6 is 0 Å². The summed E-state index contributed by atoms with van der Waals surface area (Å²) in [4.78, 5) is 0. The number of hydrogen-bond acceptors (Lipinski definition) is 3. The van der Waals surface area contributed by atoms with Crippen LogP contribution < -0.4 is 15.8 Å². The molecule has 0 amide bonds. The summed E-state index contributed by atoms with van der Waals surface area (Å²) in [6.45, 7) is 2.80. The molecule has 0 bridgehead atoms. The second-order valence-electron chi connectivity index (χ2n) is 5.33. The number of hydrogen-bond donors (Lipinski definition) is 2. The van der Waals surface area contributed by atoms with Crippen molar-refractivity contribution in [1.29, 1.82) is 0 Å². The van der Waals surface area contributed by atoms with E-state index >= 15 is 0 Å². The summed E-state index contributed by atoms with van der Waals surface area (Å²) in [6, 6.07) is 4.89. The summed E-state index contributed by atoms with van der Waals surface area (Å²) in [6.07, 6.45) is 4.59. The van der Waals surface area contributed by atoms with Crippen LogP contribution in [0.15, 0.2) is 18.2 Å². The van der Waals surface area contributed by atoms with Crippen LogP contribution in [0.4, 0.5) is 10.1 Å². The van der Waals surface area contributed by atoms with Crippen LogP contribution in [0.2, 0.25) is 0 Å². The molecule has 0 heterocycles. The molecule has 0 spiro atoms. The first-order chi connectivity index (χ1) is 9.15. The first kappa shape index (κ1) is 14.1. The lowest BCUT2D eigenvalue weighted by molar-refractivity contribution is 0.345. The lowest BCUT2D eigenvalue weighted by atomic mass is 9.85. The zero-order valence-corrected chi connectivity index (χ0v) is 11.7. The quantitative estimate of drug-likeness (QED) is 0.860. The molecular weight excluding hydrogens is 243 g/mol. The van der Waals surface area contributed by atoms with E-state index in [4.69, 9.17) is 10.5 Å². The van der Waals surface area contributed by atoms with Crippen LogP contribution in [0.5, 0.6) is 5.75 Å². The molecule has 1 aromatic carbocycles. The van der Waals surface area contributed by atoms with Crippen molar-refractivity contribution in [3.63, 3.8) is 0 Å². The highest BCUT2D eigenvalue weighted by Crippen LogP contribution is 2.40. The molecule has 1 saturated carbocycles. The van der Waals surface area contributed by atoms with E-state index < -0.39 is 0 Å². The van der Waals surface area contributed by atoms with E-state index in [1.165, 1.54) is 26.0 Å². The fraction of sp³-hybridized carbons (Fsp3) is 0.600. The molecule has 106 valence electrons. The minimum Gasteiger partial charge on any atom is -0.494 e. The average molecular weight is 266 g/mol. The number of ether oxygens (including phenoxy) is 1. The van der Waals surface area contributed by atoms with Crippen LogP contribution in [0.1, 0.15) is 32.6 Å². The SMILES string of the molecule is CCC1CCCC1(CN)Nc1ccc(F)c(OC)c1. The predicted molar refractivity (Wildman–Crippen MR) is 76.0 cm³/mol. The van der Waals surface area contributed by atoms with Crippen molar-refractivity contribution in [2.45, 2.75) is 38.1 Å². The average Bonchev–Trinajstić information content (AvgIpc) is 2.84. The van der Waals surface area contributed by atoms with E-state index in [9.17, 15) is 4.39 Å². The zero-order valence-electron chi connectivity index (χ0n) is 11.7. The molecule has 19 heavy (non-hydrogen) atoms. The maximum atomic E-state index is 13.4. The van der Waals surface area contributed by atoms with E-state index in [0.29, 0.717) is 12.5 Å². The van der Waals surface area contributed by atoms with Gasteiger partial charge in [-0.1, -0.05) is 19.8 Å². The van der Waals surface area contributed by atoms with Gasteiger partial charge in [0.15, 0.2) is 11.6 Å². The molecule has 2 rings (SSSR count). The van der Waals surface area contributed by atoms with Crippen molar-refractivity contribution in [3.05, 3.63) is 24.0 Å². The Morgan fingerprint density at radius 2 is 2.32 bits per heavy atom. The number of benzene rings is 1. The molecule has 2 unspecified atom stereocenters. The summed E-state index contributed by atoms with van der Waals surface area (Å²) in [5.41, 5.74) is 6.84. The maximum Gasteiger partial charge on any atom is 0.165 e. The Morgan fingerprint density at radius 1 is 1.53 bits per heavy atom. The molecule has 1 aromatic rings. The summed E-state index contributed by atoms with van der Waals surface area (Å²) in [5, 5.41) is 3.54. The first-order valence-corrected chi connectivity index (χ1v) is 6.97. The van der Waals surface area contributed by atoms with Crippen LogP contribution in [0, 0.1) is 11.7 Å². The Bertz CT molecular complexity index is 438. The highest BCUT2D eigenvalue weighted by atomic mass is 19.1. The van der Waals surface area contributed by atoms with Gasteiger partial charge >= 0.3 is 0 Å². The van der Waals surface area contributed by atoms with E-state index in [-0.39, 0.29) is 17.1 Å². The van der Waals surface area contributed by atoms with Gasteiger partial charge < -0.3 is 15.8 Å². The minimum atomic E-state index is -0.340. The van der Waals surface area contributed by atoms with Gasteiger partial charge in [-0.05, 0) is 30.9 Å². The highest BCUT2D eigenvalue weighted by molar-refractivity contribution is 5.51. The Kier molecular flexibility index (Phi) is 4.30. The Labute approximate surface area is 114 Å². The topological polar surface area (TPSA) is 47.3 Å². The highest BCUT2D eigenvalue weighted by Gasteiger charge is 2.40. The van der Waals surface area contributed by atoms with Crippen LogP contribution in [-0.2, 0) is 0 Å². The zero-order chi connectivity index (χ0) is 13.9. The number of anilines is 1. The number of nitrogens with one attached hydrogen (secondary N) is 1. The molecule has 0 radical (unpaired) electrons. The first-order valence-electron chi connectivity index (χ1n) is 6.97. The minimum absolute atomic E-state index is 0.0579. The molecule has 1 fully saturated rings. The fourth-order valence-electron chi connectivity index (χ4n) is 3.25. The lowest BCUT2D eigenvalue weighted by Crippen LogP contribution is -2.48. The van der Waals surface area contributed by atoms with Crippen LogP contribution in [0.25, 0.3) is 0 Å². The van der Waals surface area contributed by atoms with Crippen molar-refractivity contribution >= 4 is 5.69 Å². The number of methoxy groups -OCH3 is 1. The predicted octanol–water partition coefficient (Wildman–Crippen LogP) is 3.15. The van der Waals surface area contributed by atoms with Gasteiger partial charge in [-0.15, -0.1) is 0 Å². The molecule has 4 heteroatoms. The summed E-state index contributed by atoms with van der Waals surface area (Å²) >= 11 is 0. The van der Waals surface area contributed by atoms with Gasteiger partial charge in [-0.3, -0.25) is 0 Å². The maximum absolute atomic E-state index is 13.4. The van der Waals surface area contributed by atoms with Gasteiger partial charge in [0.05, 0.1) is 12.6 Å². The molecule has 2 atom stereocenters. The van der Waals surface area contributed by atoms with E-state index in [1.54, 1.807) is 12.1 Å². The second-order valence-corrected chi connectivity index (χ2v) is 5.33. The number of rotatable bonds is 5. The smallest absolute Gasteiger partial charge is 0.165 e. The third-order valence-electron chi connectivity index (χ3n) is 4.36. The van der Waals surface area contributed by atoms with E-state index in [2.05, 4.69) is 12.2 Å². The van der Waals surface area contributed by atoms with Crippen molar-refractivity contribution in [3.8, 4) is 5.75 Å². The Morgan fingerprint density at radius 3 is 2.95 bits per heavy atom. The summed E-state index contributed by atoms with van der Waals surface area (Å²) in [7, 11) is 1.48. The molecule has 1 aliphatic carbocycles. The standard InChI is InChI=1S/C15H23FN2O/c1-3-11-5-4-8-15(11,10-17)18-12-6-7-13(16)14(9-12)19-2/h6-7,9,11,18H,3-5,8,10,17H2,1-2H3.